The minimum Gasteiger partial charge on any atom is -0.299 e. The fourth-order valence-corrected chi connectivity index (χ4v) is 5.32. The number of nitrogens with zero attached hydrogens (tertiary/aromatic N) is 2. The Morgan fingerprint density at radius 2 is 1.90 bits per heavy atom. The van der Waals surface area contributed by atoms with Gasteiger partial charge in [0.05, 0.1) is 21.8 Å². The maximum Gasteiger partial charge on any atom is 0.279 e. The van der Waals surface area contributed by atoms with Gasteiger partial charge in [0, 0.05) is 27.8 Å². The van der Waals surface area contributed by atoms with Gasteiger partial charge in [-0.2, -0.15) is 0 Å². The van der Waals surface area contributed by atoms with Gasteiger partial charge in [-0.1, -0.05) is 53.9 Å². The van der Waals surface area contributed by atoms with Gasteiger partial charge in [-0.25, -0.2) is 5.01 Å². The first-order valence-corrected chi connectivity index (χ1v) is 12.0. The molecule has 0 aliphatic carbocycles. The van der Waals surface area contributed by atoms with Crippen LogP contribution in [0.2, 0.25) is 15.1 Å². The molecule has 3 unspecified atom stereocenters. The molecule has 5 nitrogen and oxygen atoms in total. The minimum atomic E-state index is -0.569. The van der Waals surface area contributed by atoms with Crippen molar-refractivity contribution >= 4 is 69.6 Å². The van der Waals surface area contributed by atoms with Gasteiger partial charge in [-0.05, 0) is 48.7 Å². The second kappa shape index (κ2) is 9.51. The molecule has 2 aliphatic rings. The fourth-order valence-electron chi connectivity index (χ4n) is 3.59. The number of aliphatic imine (C=N–C) groups is 1. The topological polar surface area (TPSA) is 68.6 Å². The normalized spacial score (nSPS) is 21.9. The maximum absolute atomic E-state index is 12.9. The van der Waals surface area contributed by atoms with Crippen molar-refractivity contribution in [3.05, 3.63) is 63.1 Å². The van der Waals surface area contributed by atoms with Crippen molar-refractivity contribution < 1.29 is 4.79 Å². The average molecular weight is 496 g/mol. The van der Waals surface area contributed by atoms with Crippen LogP contribution in [0.15, 0.2) is 47.5 Å². The largest absolute Gasteiger partial charge is 0.299 e. The van der Waals surface area contributed by atoms with Gasteiger partial charge in [0.25, 0.3) is 5.91 Å². The number of rotatable bonds is 6. The molecule has 3 atom stereocenters. The first kappa shape index (κ1) is 22.6. The molecule has 0 bridgehead atoms. The summed E-state index contributed by atoms with van der Waals surface area (Å²) in [7, 11) is 0. The Morgan fingerprint density at radius 3 is 2.61 bits per heavy atom. The van der Waals surface area contributed by atoms with Gasteiger partial charge in [-0.15, -0.1) is 11.8 Å². The maximum atomic E-state index is 12.9. The molecule has 2 N–H and O–H groups in total. The highest BCUT2D eigenvalue weighted by molar-refractivity contribution is 8.07. The average Bonchev–Trinajstić information content (AvgIpc) is 3.54. The summed E-state index contributed by atoms with van der Waals surface area (Å²) in [6.45, 7) is 2.60. The highest BCUT2D eigenvalue weighted by Crippen LogP contribution is 2.48. The number of carbonyl (C=O) groups is 1. The van der Waals surface area contributed by atoms with E-state index in [4.69, 9.17) is 45.2 Å². The zero-order valence-corrected chi connectivity index (χ0v) is 19.8. The molecule has 2 aliphatic heterocycles. The number of hydrogen-bond donors (Lipinski definition) is 2. The lowest BCUT2D eigenvalue weighted by atomic mass is 9.93. The van der Waals surface area contributed by atoms with Crippen molar-refractivity contribution in [2.75, 3.05) is 6.54 Å². The van der Waals surface area contributed by atoms with Gasteiger partial charge in [-0.3, -0.25) is 20.6 Å². The van der Waals surface area contributed by atoms with Crippen LogP contribution in [0.4, 0.5) is 5.69 Å². The molecule has 0 aromatic heterocycles. The van der Waals surface area contributed by atoms with Gasteiger partial charge >= 0.3 is 0 Å². The van der Waals surface area contributed by atoms with Crippen molar-refractivity contribution in [2.24, 2.45) is 10.9 Å². The smallest absolute Gasteiger partial charge is 0.279 e. The minimum absolute atomic E-state index is 0.0634. The SMILES string of the molecule is CC(C(=N)C(=O)NN1CCCC2SC21)C(=Nc1ccc(Cl)cc1Cl)c1ccc(Cl)cc1. The molecule has 0 radical (unpaired) electrons. The van der Waals surface area contributed by atoms with E-state index in [1.54, 1.807) is 37.3 Å². The Kier molecular flexibility index (Phi) is 6.94. The molecular weight excluding hydrogens is 475 g/mol. The lowest BCUT2D eigenvalue weighted by Gasteiger charge is -2.26. The van der Waals surface area contributed by atoms with Gasteiger partial charge in [0.2, 0.25) is 0 Å². The van der Waals surface area contributed by atoms with E-state index in [2.05, 4.69) is 5.43 Å². The summed E-state index contributed by atoms with van der Waals surface area (Å²) in [5, 5.41) is 12.9. The Balaban J connectivity index is 1.60. The summed E-state index contributed by atoms with van der Waals surface area (Å²) in [4.78, 5) is 17.6. The second-order valence-electron chi connectivity index (χ2n) is 7.58. The summed E-state index contributed by atoms with van der Waals surface area (Å²) < 4.78 is 0. The van der Waals surface area contributed by atoms with Crippen LogP contribution in [0.3, 0.4) is 0 Å². The molecule has 0 saturated carbocycles. The van der Waals surface area contributed by atoms with Crippen LogP contribution in [-0.4, -0.2) is 39.5 Å². The Bertz CT molecular complexity index is 1040. The van der Waals surface area contributed by atoms with Crippen LogP contribution in [0.1, 0.15) is 25.3 Å². The number of hydrogen-bond acceptors (Lipinski definition) is 5. The fraction of sp³-hybridized carbons (Fsp3) is 0.318. The van der Waals surface area contributed by atoms with E-state index >= 15 is 0 Å². The zero-order chi connectivity index (χ0) is 22.1. The number of piperidine rings is 1. The Morgan fingerprint density at radius 1 is 1.19 bits per heavy atom. The third kappa shape index (κ3) is 5.26. The molecule has 2 fully saturated rings. The van der Waals surface area contributed by atoms with Crippen molar-refractivity contribution in [1.82, 2.24) is 10.4 Å². The molecule has 2 aromatic rings. The van der Waals surface area contributed by atoms with Crippen molar-refractivity contribution in [3.8, 4) is 0 Å². The van der Waals surface area contributed by atoms with E-state index in [1.165, 1.54) is 6.42 Å². The number of fused-ring (bicyclic) bond motifs is 1. The lowest BCUT2D eigenvalue weighted by Crippen LogP contribution is -2.50. The van der Waals surface area contributed by atoms with Crippen LogP contribution in [0.25, 0.3) is 0 Å². The zero-order valence-electron chi connectivity index (χ0n) is 16.7. The van der Waals surface area contributed by atoms with E-state index in [-0.39, 0.29) is 5.71 Å². The molecular formula is C22H21Cl3N4OS. The predicted octanol–water partition coefficient (Wildman–Crippen LogP) is 5.99. The van der Waals surface area contributed by atoms with Crippen molar-refractivity contribution in [1.29, 1.82) is 5.41 Å². The highest BCUT2D eigenvalue weighted by atomic mass is 35.5. The monoisotopic (exact) mass is 494 g/mol. The highest BCUT2D eigenvalue weighted by Gasteiger charge is 2.46. The van der Waals surface area contributed by atoms with E-state index in [0.29, 0.717) is 37.1 Å². The third-order valence-electron chi connectivity index (χ3n) is 5.37. The summed E-state index contributed by atoms with van der Waals surface area (Å²) in [6, 6.07) is 12.2. The van der Waals surface area contributed by atoms with Gasteiger partial charge in [0.1, 0.15) is 5.71 Å². The predicted molar refractivity (Wildman–Crippen MR) is 130 cm³/mol. The summed E-state index contributed by atoms with van der Waals surface area (Å²) >= 11 is 20.2. The number of carbonyl (C=O) groups excluding carboxylic acids is 1. The third-order valence-corrected chi connectivity index (χ3v) is 7.55. The van der Waals surface area contributed by atoms with Crippen LogP contribution < -0.4 is 5.43 Å². The number of benzene rings is 2. The Hall–Kier alpha value is -1.57. The van der Waals surface area contributed by atoms with Gasteiger partial charge in [0.15, 0.2) is 0 Å². The standard InChI is InChI=1S/C22H21Cl3N4OS/c1-12(19(26)21(30)28-29-10-2-3-18-22(29)31-18)20(13-4-6-14(23)7-5-13)27-17-9-8-15(24)11-16(17)25/h4-9,11-12,18,22,26H,2-3,10H2,1H3,(H,28,30). The summed E-state index contributed by atoms with van der Waals surface area (Å²) in [5.74, 6) is -0.982. The number of hydrazine groups is 1. The second-order valence-corrected chi connectivity index (χ2v) is 10.2. The number of amides is 1. The van der Waals surface area contributed by atoms with E-state index in [0.717, 1.165) is 18.5 Å². The van der Waals surface area contributed by atoms with Crippen LogP contribution in [0, 0.1) is 11.3 Å². The molecule has 9 heteroatoms. The first-order valence-electron chi connectivity index (χ1n) is 9.94. The summed E-state index contributed by atoms with van der Waals surface area (Å²) in [5.41, 5.74) is 4.69. The van der Waals surface area contributed by atoms with Crippen LogP contribution >= 0.6 is 46.6 Å². The number of halogens is 3. The quantitative estimate of drug-likeness (QED) is 0.382. The molecule has 31 heavy (non-hydrogen) atoms. The summed E-state index contributed by atoms with van der Waals surface area (Å²) in [6.07, 6.45) is 2.23. The molecule has 162 valence electrons. The molecule has 2 heterocycles. The van der Waals surface area contributed by atoms with E-state index in [9.17, 15) is 4.79 Å². The molecule has 1 amide bonds. The van der Waals surface area contributed by atoms with Crippen LogP contribution in [0.5, 0.6) is 0 Å². The van der Waals surface area contributed by atoms with Crippen molar-refractivity contribution in [3.63, 3.8) is 0 Å². The molecule has 4 rings (SSSR count). The number of nitrogens with one attached hydrogen (secondary N) is 2. The van der Waals surface area contributed by atoms with Gasteiger partial charge < -0.3 is 0 Å². The Labute approximate surface area is 200 Å². The molecule has 2 saturated heterocycles. The number of thioether (sulfide) groups is 1. The van der Waals surface area contributed by atoms with E-state index in [1.807, 2.05) is 28.9 Å². The van der Waals surface area contributed by atoms with Crippen LogP contribution in [-0.2, 0) is 4.79 Å². The molecule has 2 aromatic carbocycles. The molecule has 0 spiro atoms. The first-order chi connectivity index (χ1) is 14.8. The van der Waals surface area contributed by atoms with E-state index < -0.39 is 11.8 Å². The van der Waals surface area contributed by atoms with Crippen molar-refractivity contribution in [2.45, 2.75) is 30.4 Å². The lowest BCUT2D eigenvalue weighted by molar-refractivity contribution is -0.120.